The van der Waals surface area contributed by atoms with Gasteiger partial charge in [0.15, 0.2) is 0 Å². The number of nitrogens with zero attached hydrogens (tertiary/aromatic N) is 2. The zero-order chi connectivity index (χ0) is 7.84. The van der Waals surface area contributed by atoms with Gasteiger partial charge in [-0.25, -0.2) is 0 Å². The normalized spacial score (nSPS) is 13.6. The van der Waals surface area contributed by atoms with Crippen LogP contribution >= 0.6 is 0 Å². The first-order chi connectivity index (χ1) is 5.29. The predicted molar refractivity (Wildman–Crippen MR) is 28.1 cm³/mol. The van der Waals surface area contributed by atoms with Crippen LogP contribution < -0.4 is 9.47 Å². The summed E-state index contributed by atoms with van der Waals surface area (Å²) < 4.78 is 34.3. The Morgan fingerprint density at radius 3 is 1.91 bits per heavy atom. The zero-order valence-electron chi connectivity index (χ0n) is 5.17. The minimum absolute atomic E-state index is 0.265. The van der Waals surface area contributed by atoms with E-state index in [9.17, 15) is 8.78 Å². The van der Waals surface area contributed by atoms with Crippen LogP contribution in [0.3, 0.4) is 0 Å². The minimum Gasteiger partial charge on any atom is -0.437 e. The molecule has 3 heterocycles. The summed E-state index contributed by atoms with van der Waals surface area (Å²) in [6, 6.07) is 0. The lowest BCUT2D eigenvalue weighted by molar-refractivity contribution is 0.119. The number of fused-ring (bicyclic) bond motifs is 4. The maximum Gasteiger partial charge on any atom is 0.276 e. The molecule has 0 saturated heterocycles. The highest BCUT2D eigenvalue weighted by molar-refractivity contribution is 5.22. The molecule has 2 aliphatic rings. The lowest BCUT2D eigenvalue weighted by atomic mass is 10.5. The number of hydrogen-bond donors (Lipinski definition) is 0. The molecule has 0 saturated carbocycles. The van der Waals surface area contributed by atoms with E-state index in [1.807, 2.05) is 0 Å². The van der Waals surface area contributed by atoms with E-state index in [2.05, 4.69) is 19.7 Å². The summed E-state index contributed by atoms with van der Waals surface area (Å²) in [4.78, 5) is 0. The number of hydrogen-bond acceptors (Lipinski definition) is 4. The first-order valence-corrected chi connectivity index (χ1v) is 2.76. The number of rotatable bonds is 0. The van der Waals surface area contributed by atoms with Gasteiger partial charge >= 0.3 is 0 Å². The third-order valence-corrected chi connectivity index (χ3v) is 1.19. The van der Waals surface area contributed by atoms with Crippen molar-refractivity contribution < 1.29 is 18.3 Å². The van der Waals surface area contributed by atoms with Crippen molar-refractivity contribution in [3.05, 3.63) is 11.6 Å². The highest BCUT2D eigenvalue weighted by Gasteiger charge is 2.22. The molecule has 6 heteroatoms. The van der Waals surface area contributed by atoms with Crippen LogP contribution in [0.5, 0.6) is 11.8 Å². The Morgan fingerprint density at radius 1 is 1.00 bits per heavy atom. The Kier molecular flexibility index (Phi) is 1.14. The van der Waals surface area contributed by atoms with E-state index in [0.29, 0.717) is 0 Å². The number of ether oxygens (including phenoxy) is 2. The SMILES string of the molecule is Fc1c2nnc(c1F)OCO2. The van der Waals surface area contributed by atoms with Crippen molar-refractivity contribution in [3.8, 4) is 11.8 Å². The molecule has 0 N–H and O–H groups in total. The summed E-state index contributed by atoms with van der Waals surface area (Å²) >= 11 is 0. The van der Waals surface area contributed by atoms with Crippen molar-refractivity contribution in [2.45, 2.75) is 0 Å². The third kappa shape index (κ3) is 0.787. The average Bonchev–Trinajstić information content (AvgIpc) is 2.30. The van der Waals surface area contributed by atoms with E-state index in [4.69, 9.17) is 0 Å². The quantitative estimate of drug-likeness (QED) is 0.553. The van der Waals surface area contributed by atoms with E-state index in [-0.39, 0.29) is 6.79 Å². The van der Waals surface area contributed by atoms with E-state index in [1.165, 1.54) is 0 Å². The van der Waals surface area contributed by atoms with E-state index in [1.54, 1.807) is 0 Å². The molecular weight excluding hydrogens is 158 g/mol. The van der Waals surface area contributed by atoms with Gasteiger partial charge < -0.3 is 9.47 Å². The van der Waals surface area contributed by atoms with Gasteiger partial charge in [0, 0.05) is 0 Å². The summed E-state index contributed by atoms with van der Waals surface area (Å²) in [5, 5.41) is 6.41. The number of aromatic nitrogens is 2. The monoisotopic (exact) mass is 160 g/mol. The Balaban J connectivity index is 2.67. The molecule has 0 unspecified atom stereocenters. The van der Waals surface area contributed by atoms with Gasteiger partial charge in [0.05, 0.1) is 0 Å². The fourth-order valence-corrected chi connectivity index (χ4v) is 0.692. The molecule has 1 aromatic heterocycles. The second-order valence-corrected chi connectivity index (χ2v) is 1.84. The summed E-state index contributed by atoms with van der Waals surface area (Å²) in [7, 11) is 0. The van der Waals surface area contributed by atoms with Gasteiger partial charge in [0.2, 0.25) is 18.4 Å². The molecule has 0 fully saturated rings. The lowest BCUT2D eigenvalue weighted by Gasteiger charge is -1.94. The Labute approximate surface area is 59.8 Å². The summed E-state index contributed by atoms with van der Waals surface area (Å²) in [5.41, 5.74) is 0. The maximum atomic E-state index is 12.6. The first-order valence-electron chi connectivity index (χ1n) is 2.76. The molecule has 1 aromatic rings. The fourth-order valence-electron chi connectivity index (χ4n) is 0.692. The fraction of sp³-hybridized carbons (Fsp3) is 0.200. The molecule has 0 aliphatic carbocycles. The second-order valence-electron chi connectivity index (χ2n) is 1.84. The van der Waals surface area contributed by atoms with Crippen molar-refractivity contribution in [2.75, 3.05) is 6.79 Å². The van der Waals surface area contributed by atoms with Crippen LogP contribution in [0, 0.1) is 11.6 Å². The Bertz CT molecular complexity index is 276. The molecule has 0 aromatic carbocycles. The molecule has 58 valence electrons. The van der Waals surface area contributed by atoms with Crippen LogP contribution in [0.15, 0.2) is 0 Å². The van der Waals surface area contributed by atoms with Crippen molar-refractivity contribution in [3.63, 3.8) is 0 Å². The molecule has 0 radical (unpaired) electrons. The third-order valence-electron chi connectivity index (χ3n) is 1.19. The van der Waals surface area contributed by atoms with Gasteiger partial charge in [-0.05, 0) is 0 Å². The second kappa shape index (κ2) is 2.01. The van der Waals surface area contributed by atoms with Crippen molar-refractivity contribution >= 4 is 0 Å². The standard InChI is InChI=1S/C5H2F2N2O2/c6-2-3(7)5-9-8-4(2)10-1-11-5/h1H2. The molecule has 2 bridgehead atoms. The van der Waals surface area contributed by atoms with E-state index < -0.39 is 23.4 Å². The van der Waals surface area contributed by atoms with Gasteiger partial charge in [-0.3, -0.25) is 0 Å². The van der Waals surface area contributed by atoms with E-state index in [0.717, 1.165) is 0 Å². The molecule has 2 aliphatic heterocycles. The maximum absolute atomic E-state index is 12.6. The molecular formula is C5H2F2N2O2. The minimum atomic E-state index is -1.16. The molecule has 0 atom stereocenters. The highest BCUT2D eigenvalue weighted by atomic mass is 19.2. The van der Waals surface area contributed by atoms with Crippen LogP contribution in [0.25, 0.3) is 0 Å². The topological polar surface area (TPSA) is 44.2 Å². The molecule has 0 amide bonds. The van der Waals surface area contributed by atoms with Gasteiger partial charge in [-0.15, -0.1) is 10.2 Å². The molecule has 4 nitrogen and oxygen atoms in total. The average molecular weight is 160 g/mol. The highest BCUT2D eigenvalue weighted by Crippen LogP contribution is 2.24. The van der Waals surface area contributed by atoms with Crippen molar-refractivity contribution in [1.29, 1.82) is 0 Å². The largest absolute Gasteiger partial charge is 0.437 e. The lowest BCUT2D eigenvalue weighted by Crippen LogP contribution is -2.02. The van der Waals surface area contributed by atoms with Crippen molar-refractivity contribution in [1.82, 2.24) is 10.2 Å². The van der Waals surface area contributed by atoms with Crippen LogP contribution in [-0.4, -0.2) is 17.0 Å². The summed E-state index contributed by atoms with van der Waals surface area (Å²) in [5.74, 6) is -3.26. The Morgan fingerprint density at radius 2 is 1.45 bits per heavy atom. The van der Waals surface area contributed by atoms with Gasteiger partial charge in [-0.2, -0.15) is 8.78 Å². The predicted octanol–water partition coefficient (Wildman–Crippen LogP) is 0.483. The summed E-state index contributed by atoms with van der Waals surface area (Å²) in [6.45, 7) is -0.265. The van der Waals surface area contributed by atoms with Crippen molar-refractivity contribution in [2.24, 2.45) is 0 Å². The smallest absolute Gasteiger partial charge is 0.276 e. The molecule has 3 rings (SSSR count). The number of halogens is 2. The zero-order valence-corrected chi connectivity index (χ0v) is 5.17. The van der Waals surface area contributed by atoms with Gasteiger partial charge in [-0.1, -0.05) is 0 Å². The van der Waals surface area contributed by atoms with E-state index >= 15 is 0 Å². The summed E-state index contributed by atoms with van der Waals surface area (Å²) in [6.07, 6.45) is 0. The Hall–Kier alpha value is -1.46. The molecule has 11 heavy (non-hydrogen) atoms. The van der Waals surface area contributed by atoms with Crippen LogP contribution in [0.2, 0.25) is 0 Å². The first kappa shape index (κ1) is 6.26. The van der Waals surface area contributed by atoms with Crippen LogP contribution in [0.4, 0.5) is 8.78 Å². The molecule has 0 spiro atoms. The van der Waals surface area contributed by atoms with Crippen LogP contribution in [0.1, 0.15) is 0 Å². The van der Waals surface area contributed by atoms with Gasteiger partial charge in [0.25, 0.3) is 11.8 Å². The van der Waals surface area contributed by atoms with Crippen LogP contribution in [-0.2, 0) is 0 Å². The van der Waals surface area contributed by atoms with Gasteiger partial charge in [0.1, 0.15) is 0 Å².